The topological polar surface area (TPSA) is 46.8 Å². The van der Waals surface area contributed by atoms with Crippen LogP contribution in [0, 0.1) is 6.92 Å². The highest BCUT2D eigenvalue weighted by atomic mass is 15.6. The third-order valence-electron chi connectivity index (χ3n) is 6.28. The average molecular weight is 374 g/mol. The molecule has 2 aliphatic rings. The minimum atomic E-state index is 0.0395. The molecule has 28 heavy (non-hydrogen) atoms. The van der Waals surface area contributed by atoms with Crippen molar-refractivity contribution in [2.75, 3.05) is 11.4 Å². The lowest BCUT2D eigenvalue weighted by atomic mass is 9.96. The molecule has 3 aromatic rings. The summed E-state index contributed by atoms with van der Waals surface area (Å²) in [4.78, 5) is 2.51. The van der Waals surface area contributed by atoms with Crippen molar-refractivity contribution in [2.24, 2.45) is 0 Å². The van der Waals surface area contributed by atoms with Gasteiger partial charge >= 0.3 is 0 Å². The van der Waals surface area contributed by atoms with Crippen LogP contribution in [-0.4, -0.2) is 26.8 Å². The molecule has 1 aliphatic carbocycles. The van der Waals surface area contributed by atoms with Gasteiger partial charge in [0.25, 0.3) is 0 Å². The van der Waals surface area contributed by atoms with Crippen LogP contribution in [-0.2, 0) is 6.42 Å². The maximum Gasteiger partial charge on any atom is 0.178 e. The Bertz CT molecular complexity index is 940. The van der Waals surface area contributed by atoms with E-state index < -0.39 is 0 Å². The molecule has 1 fully saturated rings. The number of aromatic nitrogens is 4. The third-order valence-corrected chi connectivity index (χ3v) is 6.28. The Hall–Kier alpha value is -2.69. The summed E-state index contributed by atoms with van der Waals surface area (Å²) in [5.41, 5.74) is 5.28. The predicted molar refractivity (Wildman–Crippen MR) is 110 cm³/mol. The Balaban J connectivity index is 1.63. The van der Waals surface area contributed by atoms with Gasteiger partial charge in [0.2, 0.25) is 0 Å². The van der Waals surface area contributed by atoms with Gasteiger partial charge in [-0.15, -0.1) is 5.10 Å². The van der Waals surface area contributed by atoms with Crippen LogP contribution in [0.25, 0.3) is 0 Å². The molecule has 0 radical (unpaired) electrons. The molecule has 5 rings (SSSR count). The summed E-state index contributed by atoms with van der Waals surface area (Å²) < 4.78 is 2.12. The molecular formula is C23H27N5. The predicted octanol–water partition coefficient (Wildman–Crippen LogP) is 4.64. The van der Waals surface area contributed by atoms with Crippen LogP contribution in [0.5, 0.6) is 0 Å². The summed E-state index contributed by atoms with van der Waals surface area (Å²) in [7, 11) is 0. The molecule has 1 saturated carbocycles. The van der Waals surface area contributed by atoms with E-state index in [1.807, 2.05) is 0 Å². The Morgan fingerprint density at radius 3 is 2.57 bits per heavy atom. The fourth-order valence-electron chi connectivity index (χ4n) is 4.84. The zero-order chi connectivity index (χ0) is 18.9. The minimum absolute atomic E-state index is 0.0395. The first-order valence-electron chi connectivity index (χ1n) is 10.5. The van der Waals surface area contributed by atoms with Crippen molar-refractivity contribution < 1.29 is 0 Å². The maximum atomic E-state index is 4.57. The second-order valence-corrected chi connectivity index (χ2v) is 8.16. The Labute approximate surface area is 166 Å². The van der Waals surface area contributed by atoms with Gasteiger partial charge in [0.05, 0.1) is 6.04 Å². The summed E-state index contributed by atoms with van der Waals surface area (Å²) >= 11 is 0. The van der Waals surface area contributed by atoms with Gasteiger partial charge in [-0.25, -0.2) is 4.68 Å². The fraction of sp³-hybridized carbons (Fsp3) is 0.435. The van der Waals surface area contributed by atoms with E-state index in [0.717, 1.165) is 25.2 Å². The molecule has 1 unspecified atom stereocenters. The van der Waals surface area contributed by atoms with Crippen LogP contribution >= 0.6 is 0 Å². The van der Waals surface area contributed by atoms with Crippen molar-refractivity contribution in [3.05, 3.63) is 71.0 Å². The van der Waals surface area contributed by atoms with Crippen LogP contribution in [0.2, 0.25) is 0 Å². The molecule has 0 spiro atoms. The van der Waals surface area contributed by atoms with E-state index >= 15 is 0 Å². The van der Waals surface area contributed by atoms with Gasteiger partial charge in [-0.3, -0.25) is 0 Å². The molecule has 2 aromatic carbocycles. The van der Waals surface area contributed by atoms with Crippen LogP contribution < -0.4 is 4.90 Å². The van der Waals surface area contributed by atoms with Crippen LogP contribution in [0.4, 0.5) is 5.69 Å². The second kappa shape index (κ2) is 7.38. The number of aryl methyl sites for hydroxylation is 2. The summed E-state index contributed by atoms with van der Waals surface area (Å²) in [6.07, 6.45) is 7.19. The van der Waals surface area contributed by atoms with E-state index in [9.17, 15) is 0 Å². The van der Waals surface area contributed by atoms with E-state index in [2.05, 4.69) is 80.6 Å². The first-order valence-corrected chi connectivity index (χ1v) is 10.5. The molecule has 1 aliphatic heterocycles. The number of nitrogens with zero attached hydrogens (tertiary/aromatic N) is 5. The minimum Gasteiger partial charge on any atom is -0.357 e. The highest BCUT2D eigenvalue weighted by Crippen LogP contribution is 2.39. The van der Waals surface area contributed by atoms with Crippen molar-refractivity contribution in [2.45, 2.75) is 57.5 Å². The third kappa shape index (κ3) is 3.09. The number of hydrogen-bond acceptors (Lipinski definition) is 4. The standard InChI is InChI=1S/C23H27N5/c1-17-12-14-19(15-13-17)22(23-24-25-26-28(23)20-9-3-4-10-20)27-16-6-8-18-7-2-5-11-21(18)27/h2,5,7,11-15,20,22H,3-4,6,8-10,16H2,1H3. The van der Waals surface area contributed by atoms with Gasteiger partial charge in [0.1, 0.15) is 6.04 Å². The van der Waals surface area contributed by atoms with E-state index in [1.54, 1.807) is 0 Å². The molecule has 1 atom stereocenters. The van der Waals surface area contributed by atoms with Crippen molar-refractivity contribution in [3.8, 4) is 0 Å². The first kappa shape index (κ1) is 17.4. The molecule has 5 nitrogen and oxygen atoms in total. The summed E-state index contributed by atoms with van der Waals surface area (Å²) in [5, 5.41) is 13.1. The molecule has 0 bridgehead atoms. The van der Waals surface area contributed by atoms with Gasteiger partial charge in [-0.2, -0.15) is 0 Å². The number of para-hydroxylation sites is 1. The van der Waals surface area contributed by atoms with Crippen molar-refractivity contribution in [1.82, 2.24) is 20.2 Å². The number of tetrazole rings is 1. The lowest BCUT2D eigenvalue weighted by Crippen LogP contribution is -2.36. The average Bonchev–Trinajstić information content (AvgIpc) is 3.42. The van der Waals surface area contributed by atoms with E-state index in [0.29, 0.717) is 6.04 Å². The number of fused-ring (bicyclic) bond motifs is 1. The van der Waals surface area contributed by atoms with E-state index in [1.165, 1.54) is 48.1 Å². The van der Waals surface area contributed by atoms with Crippen LogP contribution in [0.3, 0.4) is 0 Å². The molecule has 0 saturated heterocycles. The van der Waals surface area contributed by atoms with Crippen molar-refractivity contribution in [3.63, 3.8) is 0 Å². The number of hydrogen-bond donors (Lipinski definition) is 0. The molecule has 5 heteroatoms. The maximum absolute atomic E-state index is 4.57. The SMILES string of the molecule is Cc1ccc(C(c2nnnn2C2CCCC2)N2CCCc3ccccc32)cc1. The second-order valence-electron chi connectivity index (χ2n) is 8.16. The summed E-state index contributed by atoms with van der Waals surface area (Å²) in [6.45, 7) is 3.16. The van der Waals surface area contributed by atoms with E-state index in [-0.39, 0.29) is 6.04 Å². The zero-order valence-electron chi connectivity index (χ0n) is 16.5. The molecular weight excluding hydrogens is 346 g/mol. The molecule has 2 heterocycles. The van der Waals surface area contributed by atoms with Gasteiger partial charge < -0.3 is 4.90 Å². The zero-order valence-corrected chi connectivity index (χ0v) is 16.5. The molecule has 1 aromatic heterocycles. The summed E-state index contributed by atoms with van der Waals surface area (Å²) in [6, 6.07) is 18.1. The van der Waals surface area contributed by atoms with E-state index in [4.69, 9.17) is 0 Å². The lowest BCUT2D eigenvalue weighted by molar-refractivity contribution is 0.426. The quantitative estimate of drug-likeness (QED) is 0.668. The van der Waals surface area contributed by atoms with Gasteiger partial charge in [0, 0.05) is 12.2 Å². The van der Waals surface area contributed by atoms with Crippen molar-refractivity contribution >= 4 is 5.69 Å². The van der Waals surface area contributed by atoms with Crippen LogP contribution in [0.15, 0.2) is 48.5 Å². The fourth-order valence-corrected chi connectivity index (χ4v) is 4.84. The molecule has 0 amide bonds. The monoisotopic (exact) mass is 373 g/mol. The summed E-state index contributed by atoms with van der Waals surface area (Å²) in [5.74, 6) is 0.979. The first-order chi connectivity index (χ1) is 13.8. The molecule has 144 valence electrons. The number of rotatable bonds is 4. The van der Waals surface area contributed by atoms with Crippen LogP contribution in [0.1, 0.15) is 66.7 Å². The highest BCUT2D eigenvalue weighted by Gasteiger charge is 2.33. The van der Waals surface area contributed by atoms with Gasteiger partial charge in [-0.05, 0) is 60.2 Å². The lowest BCUT2D eigenvalue weighted by Gasteiger charge is -2.38. The Morgan fingerprint density at radius 1 is 0.964 bits per heavy atom. The number of anilines is 1. The Morgan fingerprint density at radius 2 is 1.75 bits per heavy atom. The largest absolute Gasteiger partial charge is 0.357 e. The normalized spacial score (nSPS) is 18.2. The number of benzene rings is 2. The van der Waals surface area contributed by atoms with Crippen molar-refractivity contribution in [1.29, 1.82) is 0 Å². The molecule has 0 N–H and O–H groups in total. The van der Waals surface area contributed by atoms with Gasteiger partial charge in [-0.1, -0.05) is 60.9 Å². The Kier molecular flexibility index (Phi) is 4.59. The van der Waals surface area contributed by atoms with Gasteiger partial charge in [0.15, 0.2) is 5.82 Å². The smallest absolute Gasteiger partial charge is 0.178 e. The highest BCUT2D eigenvalue weighted by molar-refractivity contribution is 5.58.